The van der Waals surface area contributed by atoms with Crippen molar-refractivity contribution in [2.24, 2.45) is 0 Å². The Labute approximate surface area is 139 Å². The Kier molecular flexibility index (Phi) is 5.84. The average molecular weight is 361 g/mol. The minimum Gasteiger partial charge on any atom is -0.301 e. The van der Waals surface area contributed by atoms with Crippen molar-refractivity contribution < 1.29 is 23.3 Å². The average Bonchev–Trinajstić information content (AvgIpc) is 2.42. The number of hydrogen-bond donors (Lipinski definition) is 0. The van der Waals surface area contributed by atoms with Gasteiger partial charge in [0, 0.05) is 12.0 Å². The number of rotatable bonds is 8. The molecular formula is C13H19N3O7S. The molecule has 0 spiro atoms. The molecular weight excluding hydrogens is 342 g/mol. The van der Waals surface area contributed by atoms with E-state index in [9.17, 15) is 28.6 Å². The van der Waals surface area contributed by atoms with Gasteiger partial charge in [-0.05, 0) is 32.9 Å². The fourth-order valence-corrected chi connectivity index (χ4v) is 3.20. The number of aryl methyl sites for hydroxylation is 1. The molecule has 0 N–H and O–H groups in total. The van der Waals surface area contributed by atoms with Gasteiger partial charge in [-0.2, -0.15) is 4.31 Å². The maximum absolute atomic E-state index is 12.5. The molecule has 11 heteroatoms. The molecule has 0 aliphatic rings. The smallest absolute Gasteiger partial charge is 0.295 e. The minimum absolute atomic E-state index is 0.0225. The van der Waals surface area contributed by atoms with Crippen molar-refractivity contribution >= 4 is 10.0 Å². The van der Waals surface area contributed by atoms with Crippen molar-refractivity contribution in [1.82, 2.24) is 4.31 Å². The highest BCUT2D eigenvalue weighted by Gasteiger charge is 2.45. The maximum Gasteiger partial charge on any atom is 0.295 e. The van der Waals surface area contributed by atoms with E-state index in [4.69, 9.17) is 0 Å². The third-order valence-electron chi connectivity index (χ3n) is 3.53. The zero-order valence-electron chi connectivity index (χ0n) is 13.7. The van der Waals surface area contributed by atoms with E-state index in [-0.39, 0.29) is 4.90 Å². The topological polar surface area (TPSA) is 133 Å². The van der Waals surface area contributed by atoms with Gasteiger partial charge >= 0.3 is 0 Å². The Morgan fingerprint density at radius 1 is 1.21 bits per heavy atom. The predicted molar refractivity (Wildman–Crippen MR) is 83.9 cm³/mol. The first kappa shape index (κ1) is 19.8. The lowest BCUT2D eigenvalue weighted by molar-refractivity contribution is -0.790. The molecule has 0 fully saturated rings. The Morgan fingerprint density at radius 3 is 2.12 bits per heavy atom. The van der Waals surface area contributed by atoms with Gasteiger partial charge in [-0.25, -0.2) is 8.42 Å². The molecule has 0 bridgehead atoms. The highest BCUT2D eigenvalue weighted by Crippen LogP contribution is 2.22. The first-order valence-electron chi connectivity index (χ1n) is 6.88. The van der Waals surface area contributed by atoms with Crippen LogP contribution in [0.3, 0.4) is 0 Å². The van der Waals surface area contributed by atoms with Crippen LogP contribution in [0.15, 0.2) is 29.2 Å². The molecule has 0 aliphatic carbocycles. The molecule has 0 saturated carbocycles. The lowest BCUT2D eigenvalue weighted by Crippen LogP contribution is -2.52. The van der Waals surface area contributed by atoms with Crippen molar-refractivity contribution in [2.75, 3.05) is 13.6 Å². The molecule has 0 aromatic heterocycles. The first-order chi connectivity index (χ1) is 10.9. The molecule has 10 nitrogen and oxygen atoms in total. The van der Waals surface area contributed by atoms with Crippen LogP contribution in [-0.2, 0) is 14.9 Å². The van der Waals surface area contributed by atoms with Gasteiger partial charge in [-0.3, -0.25) is 10.1 Å². The quantitative estimate of drug-likeness (QED) is 0.502. The summed E-state index contributed by atoms with van der Waals surface area (Å²) >= 11 is 0. The van der Waals surface area contributed by atoms with Crippen molar-refractivity contribution in [3.63, 3.8) is 0 Å². The van der Waals surface area contributed by atoms with Gasteiger partial charge in [0.15, 0.2) is 5.60 Å². The van der Waals surface area contributed by atoms with E-state index in [2.05, 4.69) is 4.84 Å². The standard InChI is InChI=1S/C13H19N3O7S/c1-10-5-7-11(8-6-10)24(21,22)14(4)9-12(15(17)18)13(2,3)23-16(19)20/h5-8,12H,9H2,1-4H3. The second-order valence-corrected chi connectivity index (χ2v) is 7.86. The second-order valence-electron chi connectivity index (χ2n) is 5.82. The maximum atomic E-state index is 12.5. The fraction of sp³-hybridized carbons (Fsp3) is 0.538. The van der Waals surface area contributed by atoms with Crippen LogP contribution in [0.1, 0.15) is 19.4 Å². The SMILES string of the molecule is Cc1ccc(S(=O)(=O)N(C)CC([N+](=O)[O-])C(C)(C)O[N+](=O)[O-])cc1. The largest absolute Gasteiger partial charge is 0.301 e. The predicted octanol–water partition coefficient (Wildman–Crippen LogP) is 1.25. The van der Waals surface area contributed by atoms with Crippen LogP contribution in [0.25, 0.3) is 0 Å². The number of hydrogen-bond acceptors (Lipinski definition) is 7. The van der Waals surface area contributed by atoms with Crippen LogP contribution >= 0.6 is 0 Å². The molecule has 0 aliphatic heterocycles. The molecule has 1 aromatic rings. The van der Waals surface area contributed by atoms with E-state index in [1.807, 2.05) is 0 Å². The summed E-state index contributed by atoms with van der Waals surface area (Å²) in [5.74, 6) is 0. The third-order valence-corrected chi connectivity index (χ3v) is 5.36. The Bertz CT molecular complexity index is 716. The highest BCUT2D eigenvalue weighted by atomic mass is 32.2. The zero-order valence-corrected chi connectivity index (χ0v) is 14.5. The fourth-order valence-electron chi connectivity index (χ4n) is 2.03. The number of nitrogens with zero attached hydrogens (tertiary/aromatic N) is 3. The van der Waals surface area contributed by atoms with Crippen molar-refractivity contribution in [3.05, 3.63) is 50.1 Å². The van der Waals surface area contributed by atoms with E-state index in [0.29, 0.717) is 0 Å². The summed E-state index contributed by atoms with van der Waals surface area (Å²) in [7, 11) is -2.80. The van der Waals surface area contributed by atoms with Gasteiger partial charge in [0.2, 0.25) is 10.0 Å². The number of sulfonamides is 1. The molecule has 1 atom stereocenters. The number of nitro groups is 1. The molecule has 0 amide bonds. The van der Waals surface area contributed by atoms with E-state index >= 15 is 0 Å². The number of benzene rings is 1. The zero-order chi connectivity index (χ0) is 18.7. The molecule has 134 valence electrons. The summed E-state index contributed by atoms with van der Waals surface area (Å²) in [5, 5.41) is 20.6. The Balaban J connectivity index is 3.08. The van der Waals surface area contributed by atoms with E-state index in [1.165, 1.54) is 19.2 Å². The monoisotopic (exact) mass is 361 g/mol. The van der Waals surface area contributed by atoms with E-state index < -0.39 is 38.2 Å². The first-order valence-corrected chi connectivity index (χ1v) is 8.32. The van der Waals surface area contributed by atoms with Gasteiger partial charge in [-0.1, -0.05) is 17.7 Å². The van der Waals surface area contributed by atoms with Gasteiger partial charge in [0.1, 0.15) is 0 Å². The van der Waals surface area contributed by atoms with Crippen LogP contribution in [-0.4, -0.2) is 48.0 Å². The van der Waals surface area contributed by atoms with Gasteiger partial charge in [0.25, 0.3) is 11.1 Å². The van der Waals surface area contributed by atoms with E-state index in [0.717, 1.165) is 23.7 Å². The molecule has 1 aromatic carbocycles. The van der Waals surface area contributed by atoms with Crippen LogP contribution in [0.5, 0.6) is 0 Å². The molecule has 0 saturated heterocycles. The molecule has 1 unspecified atom stereocenters. The van der Waals surface area contributed by atoms with Crippen LogP contribution < -0.4 is 0 Å². The van der Waals surface area contributed by atoms with E-state index in [1.54, 1.807) is 19.1 Å². The highest BCUT2D eigenvalue weighted by molar-refractivity contribution is 7.89. The molecule has 24 heavy (non-hydrogen) atoms. The molecule has 0 radical (unpaired) electrons. The van der Waals surface area contributed by atoms with Gasteiger partial charge in [0.05, 0.1) is 11.4 Å². The van der Waals surface area contributed by atoms with Crippen LogP contribution in [0.4, 0.5) is 0 Å². The van der Waals surface area contributed by atoms with Gasteiger partial charge in [-0.15, -0.1) is 10.1 Å². The lowest BCUT2D eigenvalue weighted by atomic mass is 9.99. The Morgan fingerprint density at radius 2 is 1.71 bits per heavy atom. The Hall–Kier alpha value is -2.27. The van der Waals surface area contributed by atoms with Crippen molar-refractivity contribution in [3.8, 4) is 0 Å². The number of likely N-dealkylation sites (N-methyl/N-ethyl adjacent to an activating group) is 1. The summed E-state index contributed by atoms with van der Waals surface area (Å²) in [4.78, 5) is 25.3. The second kappa shape index (κ2) is 7.09. The van der Waals surface area contributed by atoms with Crippen LogP contribution in [0.2, 0.25) is 0 Å². The summed E-state index contributed by atoms with van der Waals surface area (Å²) < 4.78 is 25.7. The van der Waals surface area contributed by atoms with Crippen molar-refractivity contribution in [2.45, 2.75) is 37.3 Å². The summed E-state index contributed by atoms with van der Waals surface area (Å²) in [6, 6.07) is 4.35. The third kappa shape index (κ3) is 4.61. The summed E-state index contributed by atoms with van der Waals surface area (Å²) in [6.45, 7) is 3.54. The van der Waals surface area contributed by atoms with Gasteiger partial charge < -0.3 is 4.84 Å². The molecule has 1 rings (SSSR count). The normalized spacial score (nSPS) is 13.5. The summed E-state index contributed by atoms with van der Waals surface area (Å²) in [6.07, 6.45) is 0. The minimum atomic E-state index is -3.97. The summed E-state index contributed by atoms with van der Waals surface area (Å²) in [5.41, 5.74) is -0.940. The van der Waals surface area contributed by atoms with Crippen molar-refractivity contribution in [1.29, 1.82) is 0 Å². The van der Waals surface area contributed by atoms with Crippen LogP contribution in [0, 0.1) is 27.2 Å². The molecule has 0 heterocycles. The lowest BCUT2D eigenvalue weighted by Gasteiger charge is -2.28.